The number of ether oxygens (including phenoxy) is 1. The summed E-state index contributed by atoms with van der Waals surface area (Å²) in [5.74, 6) is 1.05. The lowest BCUT2D eigenvalue weighted by Crippen LogP contribution is -2.15. The van der Waals surface area contributed by atoms with Gasteiger partial charge in [-0.15, -0.1) is 0 Å². The molecule has 0 aliphatic rings. The van der Waals surface area contributed by atoms with Crippen LogP contribution in [-0.2, 0) is 0 Å². The minimum absolute atomic E-state index is 0.210. The first-order valence-electron chi connectivity index (χ1n) is 8.22. The van der Waals surface area contributed by atoms with E-state index in [0.717, 1.165) is 28.2 Å². The average Bonchev–Trinajstić information content (AvgIpc) is 3.02. The number of thiazole rings is 1. The number of aliphatic imine (C=N–C) groups is 1. The normalized spacial score (nSPS) is 11.3. The van der Waals surface area contributed by atoms with Crippen molar-refractivity contribution in [1.82, 2.24) is 4.98 Å². The Morgan fingerprint density at radius 1 is 1.24 bits per heavy atom. The molecule has 0 unspecified atom stereocenters. The van der Waals surface area contributed by atoms with Gasteiger partial charge in [0.05, 0.1) is 16.8 Å². The molecular weight excluding hydrogens is 334 g/mol. The van der Waals surface area contributed by atoms with E-state index in [4.69, 9.17) is 4.74 Å². The molecule has 3 aromatic rings. The van der Waals surface area contributed by atoms with Gasteiger partial charge in [-0.2, -0.15) is 0 Å². The number of fused-ring (bicyclic) bond motifs is 1. The van der Waals surface area contributed by atoms with Crippen molar-refractivity contribution in [2.45, 2.75) is 13.8 Å². The quantitative estimate of drug-likeness (QED) is 0.656. The molecular formula is C19H21N3O2S. The summed E-state index contributed by atoms with van der Waals surface area (Å²) in [6.45, 7) is 5.54. The van der Waals surface area contributed by atoms with Gasteiger partial charge in [0.2, 0.25) is 5.13 Å². The third-order valence-corrected chi connectivity index (χ3v) is 4.83. The maximum atomic E-state index is 10.2. The van der Waals surface area contributed by atoms with Crippen molar-refractivity contribution in [2.75, 3.05) is 25.1 Å². The molecule has 1 N–H and O–H groups in total. The molecule has 0 radical (unpaired) electrons. The number of nitrogens with zero attached hydrogens (tertiary/aromatic N) is 3. The SMILES string of the molecule is CCOc1ccc2nc(/N=C/c3ccc(N(C)CC)cc3O)sc2c1. The van der Waals surface area contributed by atoms with E-state index in [1.54, 1.807) is 12.3 Å². The van der Waals surface area contributed by atoms with Crippen molar-refractivity contribution < 1.29 is 9.84 Å². The maximum absolute atomic E-state index is 10.2. The number of aromatic nitrogens is 1. The molecule has 0 bridgehead atoms. The van der Waals surface area contributed by atoms with E-state index < -0.39 is 0 Å². The molecule has 3 rings (SSSR count). The summed E-state index contributed by atoms with van der Waals surface area (Å²) >= 11 is 1.50. The monoisotopic (exact) mass is 355 g/mol. The van der Waals surface area contributed by atoms with Gasteiger partial charge in [0.1, 0.15) is 11.5 Å². The first kappa shape index (κ1) is 17.2. The Bertz CT molecular complexity index is 905. The number of phenolic OH excluding ortho intramolecular Hbond substituents is 1. The number of anilines is 1. The Hall–Kier alpha value is -2.60. The highest BCUT2D eigenvalue weighted by atomic mass is 32.1. The van der Waals surface area contributed by atoms with Gasteiger partial charge in [-0.05, 0) is 44.2 Å². The van der Waals surface area contributed by atoms with Crippen LogP contribution in [0.3, 0.4) is 0 Å². The van der Waals surface area contributed by atoms with Gasteiger partial charge in [0, 0.05) is 37.1 Å². The standard InChI is InChI=1S/C19H21N3O2S/c1-4-22(3)14-7-6-13(17(23)10-14)12-20-19-21-16-9-8-15(24-5-2)11-18(16)25-19/h6-12,23H,4-5H2,1-3H3/b20-12+. The molecule has 0 saturated heterocycles. The van der Waals surface area contributed by atoms with Crippen LogP contribution >= 0.6 is 11.3 Å². The molecule has 25 heavy (non-hydrogen) atoms. The highest BCUT2D eigenvalue weighted by molar-refractivity contribution is 7.22. The number of benzene rings is 2. The lowest BCUT2D eigenvalue weighted by Gasteiger charge is -2.17. The summed E-state index contributed by atoms with van der Waals surface area (Å²) in [5, 5.41) is 10.8. The molecule has 0 spiro atoms. The summed E-state index contributed by atoms with van der Waals surface area (Å²) in [5.41, 5.74) is 2.54. The number of hydrogen-bond donors (Lipinski definition) is 1. The molecule has 1 aromatic heterocycles. The van der Waals surface area contributed by atoms with Crippen LogP contribution in [0.1, 0.15) is 19.4 Å². The van der Waals surface area contributed by atoms with Crippen LogP contribution in [0.15, 0.2) is 41.4 Å². The van der Waals surface area contributed by atoms with Crippen molar-refractivity contribution in [1.29, 1.82) is 0 Å². The lowest BCUT2D eigenvalue weighted by molar-refractivity contribution is 0.341. The highest BCUT2D eigenvalue weighted by Crippen LogP contribution is 2.31. The summed E-state index contributed by atoms with van der Waals surface area (Å²) in [4.78, 5) is 11.0. The Morgan fingerprint density at radius 2 is 2.08 bits per heavy atom. The van der Waals surface area contributed by atoms with E-state index in [0.29, 0.717) is 17.3 Å². The molecule has 1 heterocycles. The molecule has 2 aromatic carbocycles. The molecule has 0 amide bonds. The van der Waals surface area contributed by atoms with Gasteiger partial charge in [0.25, 0.3) is 0 Å². The Morgan fingerprint density at radius 3 is 2.80 bits per heavy atom. The lowest BCUT2D eigenvalue weighted by atomic mass is 10.2. The third-order valence-electron chi connectivity index (χ3n) is 3.90. The predicted molar refractivity (Wildman–Crippen MR) is 105 cm³/mol. The van der Waals surface area contributed by atoms with E-state index >= 15 is 0 Å². The minimum atomic E-state index is 0.210. The van der Waals surface area contributed by atoms with E-state index in [9.17, 15) is 5.11 Å². The van der Waals surface area contributed by atoms with E-state index in [1.807, 2.05) is 44.3 Å². The fourth-order valence-corrected chi connectivity index (χ4v) is 3.23. The predicted octanol–water partition coefficient (Wildman–Crippen LogP) is 4.61. The largest absolute Gasteiger partial charge is 0.507 e. The highest BCUT2D eigenvalue weighted by Gasteiger charge is 2.06. The van der Waals surface area contributed by atoms with Gasteiger partial charge >= 0.3 is 0 Å². The van der Waals surface area contributed by atoms with Gasteiger partial charge in [0.15, 0.2) is 0 Å². The number of phenols is 1. The second-order valence-electron chi connectivity index (χ2n) is 5.57. The van der Waals surface area contributed by atoms with E-state index in [-0.39, 0.29) is 5.75 Å². The zero-order valence-electron chi connectivity index (χ0n) is 14.6. The summed E-state index contributed by atoms with van der Waals surface area (Å²) in [6, 6.07) is 11.4. The molecule has 0 aliphatic heterocycles. The number of hydrogen-bond acceptors (Lipinski definition) is 6. The second kappa shape index (κ2) is 7.53. The van der Waals surface area contributed by atoms with Crippen LogP contribution in [0.4, 0.5) is 10.8 Å². The molecule has 0 saturated carbocycles. The van der Waals surface area contributed by atoms with Gasteiger partial charge in [-0.25, -0.2) is 9.98 Å². The molecule has 0 aliphatic carbocycles. The van der Waals surface area contributed by atoms with Crippen LogP contribution in [0.25, 0.3) is 10.2 Å². The van der Waals surface area contributed by atoms with E-state index in [2.05, 4.69) is 21.8 Å². The molecule has 0 fully saturated rings. The first-order valence-corrected chi connectivity index (χ1v) is 9.04. The Balaban J connectivity index is 1.83. The van der Waals surface area contributed by atoms with Crippen molar-refractivity contribution in [3.63, 3.8) is 0 Å². The van der Waals surface area contributed by atoms with Crippen LogP contribution in [0, 0.1) is 0 Å². The first-order chi connectivity index (χ1) is 12.1. The van der Waals surface area contributed by atoms with Crippen LogP contribution < -0.4 is 9.64 Å². The van der Waals surface area contributed by atoms with Gasteiger partial charge < -0.3 is 14.7 Å². The van der Waals surface area contributed by atoms with Gasteiger partial charge in [-0.3, -0.25) is 0 Å². The maximum Gasteiger partial charge on any atom is 0.210 e. The average molecular weight is 355 g/mol. The van der Waals surface area contributed by atoms with Crippen LogP contribution in [0.2, 0.25) is 0 Å². The fraction of sp³-hybridized carbons (Fsp3) is 0.263. The zero-order chi connectivity index (χ0) is 17.8. The van der Waals surface area contributed by atoms with Crippen LogP contribution in [-0.4, -0.2) is 36.5 Å². The number of aromatic hydroxyl groups is 1. The molecule has 0 atom stereocenters. The van der Waals surface area contributed by atoms with Crippen LogP contribution in [0.5, 0.6) is 11.5 Å². The van der Waals surface area contributed by atoms with Crippen molar-refractivity contribution in [3.05, 3.63) is 42.0 Å². The molecule has 6 heteroatoms. The number of rotatable bonds is 6. The zero-order valence-corrected chi connectivity index (χ0v) is 15.4. The third kappa shape index (κ3) is 3.91. The van der Waals surface area contributed by atoms with Gasteiger partial charge in [-0.1, -0.05) is 11.3 Å². The Labute approximate surface area is 151 Å². The van der Waals surface area contributed by atoms with Crippen molar-refractivity contribution >= 4 is 38.6 Å². The summed E-state index contributed by atoms with van der Waals surface area (Å²) in [6.07, 6.45) is 1.65. The van der Waals surface area contributed by atoms with E-state index in [1.165, 1.54) is 11.3 Å². The summed E-state index contributed by atoms with van der Waals surface area (Å²) in [7, 11) is 1.99. The smallest absolute Gasteiger partial charge is 0.210 e. The molecule has 5 nitrogen and oxygen atoms in total. The van der Waals surface area contributed by atoms with Crippen molar-refractivity contribution in [2.24, 2.45) is 4.99 Å². The molecule has 130 valence electrons. The second-order valence-corrected chi connectivity index (χ2v) is 6.58. The summed E-state index contributed by atoms with van der Waals surface area (Å²) < 4.78 is 6.54. The van der Waals surface area contributed by atoms with Crippen molar-refractivity contribution in [3.8, 4) is 11.5 Å². The topological polar surface area (TPSA) is 58.0 Å². The Kier molecular flexibility index (Phi) is 5.19. The fourth-order valence-electron chi connectivity index (χ4n) is 2.39. The minimum Gasteiger partial charge on any atom is -0.507 e.